The normalized spacial score (nSPS) is 14.9. The van der Waals surface area contributed by atoms with Gasteiger partial charge in [-0.2, -0.15) is 0 Å². The van der Waals surface area contributed by atoms with Crippen LogP contribution in [0.3, 0.4) is 0 Å². The highest BCUT2D eigenvalue weighted by molar-refractivity contribution is 5.46. The van der Waals surface area contributed by atoms with E-state index >= 15 is 0 Å². The largest absolute Gasteiger partial charge is 0.388 e. The van der Waals surface area contributed by atoms with Crippen molar-refractivity contribution in [1.82, 2.24) is 0 Å². The molecule has 0 saturated heterocycles. The predicted octanol–water partition coefficient (Wildman–Crippen LogP) is 3.07. The monoisotopic (exact) mass is 221 g/mol. The molecule has 0 bridgehead atoms. The van der Waals surface area contributed by atoms with Crippen molar-refractivity contribution in [3.05, 3.63) is 29.8 Å². The first-order valence-electron chi connectivity index (χ1n) is 6.01. The van der Waals surface area contributed by atoms with E-state index in [0.29, 0.717) is 6.54 Å². The molecule has 1 aromatic rings. The van der Waals surface area contributed by atoms with Gasteiger partial charge in [-0.05, 0) is 37.0 Å². The molecule has 1 rings (SSSR count). The Morgan fingerprint density at radius 1 is 1.38 bits per heavy atom. The Hall–Kier alpha value is -1.02. The van der Waals surface area contributed by atoms with E-state index in [0.717, 1.165) is 12.1 Å². The Bertz CT molecular complexity index is 331. The quantitative estimate of drug-likeness (QED) is 0.801. The van der Waals surface area contributed by atoms with E-state index in [1.54, 1.807) is 0 Å². The Balaban J connectivity index is 2.60. The summed E-state index contributed by atoms with van der Waals surface area (Å²) in [5, 5.41) is 13.4. The van der Waals surface area contributed by atoms with Gasteiger partial charge in [-0.3, -0.25) is 0 Å². The molecule has 1 unspecified atom stereocenters. The molecule has 0 heterocycles. The van der Waals surface area contributed by atoms with E-state index in [1.165, 1.54) is 5.56 Å². The van der Waals surface area contributed by atoms with Gasteiger partial charge in [-0.25, -0.2) is 0 Å². The van der Waals surface area contributed by atoms with Gasteiger partial charge in [0.05, 0.1) is 5.60 Å². The fraction of sp³-hybridized carbons (Fsp3) is 0.571. The molecule has 2 nitrogen and oxygen atoms in total. The SMILES string of the molecule is CCc1cccc(NCC(C)(O)C(C)C)c1. The average molecular weight is 221 g/mol. The second kappa shape index (κ2) is 5.35. The first-order valence-corrected chi connectivity index (χ1v) is 6.01. The fourth-order valence-corrected chi connectivity index (χ4v) is 1.39. The number of aliphatic hydroxyl groups is 1. The van der Waals surface area contributed by atoms with Gasteiger partial charge in [-0.15, -0.1) is 0 Å². The highest BCUT2D eigenvalue weighted by atomic mass is 16.3. The Morgan fingerprint density at radius 2 is 2.06 bits per heavy atom. The van der Waals surface area contributed by atoms with E-state index in [-0.39, 0.29) is 5.92 Å². The van der Waals surface area contributed by atoms with Crippen molar-refractivity contribution in [1.29, 1.82) is 0 Å². The van der Waals surface area contributed by atoms with Gasteiger partial charge in [0, 0.05) is 12.2 Å². The van der Waals surface area contributed by atoms with Gasteiger partial charge in [0.2, 0.25) is 0 Å². The summed E-state index contributed by atoms with van der Waals surface area (Å²) in [5.41, 5.74) is 1.73. The summed E-state index contributed by atoms with van der Waals surface area (Å²) in [6.07, 6.45) is 1.04. The molecule has 90 valence electrons. The lowest BCUT2D eigenvalue weighted by atomic mass is 9.92. The van der Waals surface area contributed by atoms with E-state index in [2.05, 4.69) is 24.4 Å². The van der Waals surface area contributed by atoms with Crippen molar-refractivity contribution in [3.63, 3.8) is 0 Å². The minimum absolute atomic E-state index is 0.245. The number of hydrogen-bond acceptors (Lipinski definition) is 2. The third-order valence-corrected chi connectivity index (χ3v) is 3.23. The lowest BCUT2D eigenvalue weighted by molar-refractivity contribution is 0.0266. The van der Waals surface area contributed by atoms with Crippen molar-refractivity contribution in [2.75, 3.05) is 11.9 Å². The molecule has 2 heteroatoms. The molecule has 0 spiro atoms. The Labute approximate surface area is 98.7 Å². The van der Waals surface area contributed by atoms with Crippen molar-refractivity contribution in [2.24, 2.45) is 5.92 Å². The maximum atomic E-state index is 10.1. The second-order valence-electron chi connectivity index (χ2n) is 4.92. The molecular formula is C14H23NO. The van der Waals surface area contributed by atoms with E-state index in [1.807, 2.05) is 32.9 Å². The minimum atomic E-state index is -0.664. The van der Waals surface area contributed by atoms with Crippen LogP contribution in [0.4, 0.5) is 5.69 Å². The van der Waals surface area contributed by atoms with Crippen LogP contribution in [0, 0.1) is 5.92 Å². The zero-order valence-corrected chi connectivity index (χ0v) is 10.7. The van der Waals surface area contributed by atoms with Crippen LogP contribution in [0.1, 0.15) is 33.3 Å². The summed E-state index contributed by atoms with van der Waals surface area (Å²) in [4.78, 5) is 0. The number of benzene rings is 1. The molecule has 0 radical (unpaired) electrons. The van der Waals surface area contributed by atoms with Crippen LogP contribution in [0.5, 0.6) is 0 Å². The summed E-state index contributed by atoms with van der Waals surface area (Å²) in [6, 6.07) is 8.34. The van der Waals surface area contributed by atoms with Gasteiger partial charge in [0.1, 0.15) is 0 Å². The molecule has 16 heavy (non-hydrogen) atoms. The Morgan fingerprint density at radius 3 is 2.62 bits per heavy atom. The van der Waals surface area contributed by atoms with Gasteiger partial charge < -0.3 is 10.4 Å². The van der Waals surface area contributed by atoms with Gasteiger partial charge in [0.25, 0.3) is 0 Å². The molecule has 1 atom stereocenters. The summed E-state index contributed by atoms with van der Waals surface area (Å²) in [7, 11) is 0. The summed E-state index contributed by atoms with van der Waals surface area (Å²) in [5.74, 6) is 0.245. The highest BCUT2D eigenvalue weighted by Gasteiger charge is 2.24. The topological polar surface area (TPSA) is 32.3 Å². The van der Waals surface area contributed by atoms with E-state index in [4.69, 9.17) is 0 Å². The molecule has 0 amide bonds. The third kappa shape index (κ3) is 3.53. The van der Waals surface area contributed by atoms with Crippen molar-refractivity contribution < 1.29 is 5.11 Å². The summed E-state index contributed by atoms with van der Waals surface area (Å²) in [6.45, 7) is 8.66. The number of nitrogens with one attached hydrogen (secondary N) is 1. The number of anilines is 1. The van der Waals surface area contributed by atoms with E-state index in [9.17, 15) is 5.11 Å². The van der Waals surface area contributed by atoms with Crippen LogP contribution in [-0.2, 0) is 6.42 Å². The van der Waals surface area contributed by atoms with Crippen molar-refractivity contribution in [2.45, 2.75) is 39.7 Å². The van der Waals surface area contributed by atoms with Gasteiger partial charge >= 0.3 is 0 Å². The van der Waals surface area contributed by atoms with Crippen LogP contribution < -0.4 is 5.32 Å². The van der Waals surface area contributed by atoms with Crippen LogP contribution in [0.25, 0.3) is 0 Å². The first-order chi connectivity index (χ1) is 7.45. The number of rotatable bonds is 5. The molecule has 0 aliphatic heterocycles. The van der Waals surface area contributed by atoms with Crippen molar-refractivity contribution >= 4 is 5.69 Å². The summed E-state index contributed by atoms with van der Waals surface area (Å²) >= 11 is 0. The zero-order valence-electron chi connectivity index (χ0n) is 10.7. The average Bonchev–Trinajstić information content (AvgIpc) is 2.26. The predicted molar refractivity (Wildman–Crippen MR) is 69.8 cm³/mol. The van der Waals surface area contributed by atoms with Crippen molar-refractivity contribution in [3.8, 4) is 0 Å². The third-order valence-electron chi connectivity index (χ3n) is 3.23. The lowest BCUT2D eigenvalue weighted by Crippen LogP contribution is -2.38. The molecule has 0 saturated carbocycles. The van der Waals surface area contributed by atoms with Crippen LogP contribution >= 0.6 is 0 Å². The number of aryl methyl sites for hydroxylation is 1. The highest BCUT2D eigenvalue weighted by Crippen LogP contribution is 2.18. The zero-order chi connectivity index (χ0) is 12.2. The molecule has 2 N–H and O–H groups in total. The minimum Gasteiger partial charge on any atom is -0.388 e. The van der Waals surface area contributed by atoms with Gasteiger partial charge in [-0.1, -0.05) is 32.9 Å². The molecule has 0 aromatic heterocycles. The maximum Gasteiger partial charge on any atom is 0.0813 e. The lowest BCUT2D eigenvalue weighted by Gasteiger charge is -2.28. The standard InChI is InChI=1S/C14H23NO/c1-5-12-7-6-8-13(9-12)15-10-14(4,16)11(2)3/h6-9,11,15-16H,5,10H2,1-4H3. The fourth-order valence-electron chi connectivity index (χ4n) is 1.39. The number of hydrogen-bond donors (Lipinski definition) is 2. The molecule has 1 aromatic carbocycles. The summed E-state index contributed by atoms with van der Waals surface area (Å²) < 4.78 is 0. The molecule has 0 fully saturated rings. The maximum absolute atomic E-state index is 10.1. The van der Waals surface area contributed by atoms with Crippen LogP contribution in [0.2, 0.25) is 0 Å². The smallest absolute Gasteiger partial charge is 0.0813 e. The Kier molecular flexibility index (Phi) is 4.36. The first kappa shape index (κ1) is 13.0. The van der Waals surface area contributed by atoms with E-state index < -0.39 is 5.60 Å². The van der Waals surface area contributed by atoms with Crippen LogP contribution in [0.15, 0.2) is 24.3 Å². The van der Waals surface area contributed by atoms with Gasteiger partial charge in [0.15, 0.2) is 0 Å². The van der Waals surface area contributed by atoms with Crippen LogP contribution in [-0.4, -0.2) is 17.3 Å². The second-order valence-corrected chi connectivity index (χ2v) is 4.92. The molecular weight excluding hydrogens is 198 g/mol. The molecule has 0 aliphatic carbocycles. The molecule has 0 aliphatic rings.